The fraction of sp³-hybridized carbons (Fsp3) is 0.208. The van der Waals surface area contributed by atoms with Gasteiger partial charge >= 0.3 is 11.7 Å². The number of nitrogens with one attached hydrogen (secondary N) is 2. The molecule has 0 aliphatic rings. The largest absolute Gasteiger partial charge is 0.462 e. The zero-order chi connectivity index (χ0) is 24.1. The van der Waals surface area contributed by atoms with Crippen LogP contribution in [-0.2, 0) is 22.6 Å². The SMILES string of the molecule is CCOC(=O)c1ccc(NC(=O)CCn2cnc3c(=O)n(Cc4ccccc4)c(=O)[nH]c32)cc1. The van der Waals surface area contributed by atoms with Crippen molar-refractivity contribution < 1.29 is 14.3 Å². The summed E-state index contributed by atoms with van der Waals surface area (Å²) in [5.74, 6) is -0.699. The van der Waals surface area contributed by atoms with E-state index in [0.717, 1.165) is 10.1 Å². The third-order valence-corrected chi connectivity index (χ3v) is 5.20. The first-order valence-electron chi connectivity index (χ1n) is 10.7. The van der Waals surface area contributed by atoms with Crippen molar-refractivity contribution in [1.29, 1.82) is 0 Å². The number of fused-ring (bicyclic) bond motifs is 1. The predicted molar refractivity (Wildman–Crippen MR) is 126 cm³/mol. The van der Waals surface area contributed by atoms with Crippen LogP contribution in [0.15, 0.2) is 70.5 Å². The number of hydrogen-bond acceptors (Lipinski definition) is 6. The number of carbonyl (C=O) groups is 2. The highest BCUT2D eigenvalue weighted by Gasteiger charge is 2.14. The highest BCUT2D eigenvalue weighted by atomic mass is 16.5. The number of rotatable bonds is 8. The molecule has 0 fully saturated rings. The number of benzene rings is 2. The van der Waals surface area contributed by atoms with E-state index in [1.807, 2.05) is 30.3 Å². The molecule has 0 unspecified atom stereocenters. The summed E-state index contributed by atoms with van der Waals surface area (Å²) in [6, 6.07) is 15.6. The summed E-state index contributed by atoms with van der Waals surface area (Å²) >= 11 is 0. The van der Waals surface area contributed by atoms with Crippen LogP contribution in [0.4, 0.5) is 5.69 Å². The van der Waals surface area contributed by atoms with Crippen LogP contribution in [-0.4, -0.2) is 37.6 Å². The number of ether oxygens (including phenoxy) is 1. The second kappa shape index (κ2) is 9.99. The Bertz CT molecular complexity index is 1430. The quantitative estimate of drug-likeness (QED) is 0.387. The summed E-state index contributed by atoms with van der Waals surface area (Å²) in [6.45, 7) is 2.36. The minimum absolute atomic E-state index is 0.0835. The second-order valence-corrected chi connectivity index (χ2v) is 7.54. The molecular weight excluding hydrogens is 438 g/mol. The molecule has 0 bridgehead atoms. The Morgan fingerprint density at radius 3 is 2.50 bits per heavy atom. The minimum Gasteiger partial charge on any atom is -0.462 e. The van der Waals surface area contributed by atoms with Crippen molar-refractivity contribution in [3.63, 3.8) is 0 Å². The Morgan fingerprint density at radius 2 is 1.79 bits per heavy atom. The number of amides is 1. The number of esters is 1. The Morgan fingerprint density at radius 1 is 1.06 bits per heavy atom. The van der Waals surface area contributed by atoms with Crippen LogP contribution in [0.5, 0.6) is 0 Å². The van der Waals surface area contributed by atoms with Gasteiger partial charge in [0.1, 0.15) is 5.65 Å². The molecule has 1 amide bonds. The molecular formula is C24H23N5O5. The van der Waals surface area contributed by atoms with Crippen LogP contribution in [0.25, 0.3) is 11.2 Å². The monoisotopic (exact) mass is 461 g/mol. The van der Waals surface area contributed by atoms with Crippen molar-refractivity contribution in [2.24, 2.45) is 0 Å². The molecule has 0 aliphatic heterocycles. The minimum atomic E-state index is -0.547. The van der Waals surface area contributed by atoms with Crippen molar-refractivity contribution in [3.8, 4) is 0 Å². The van der Waals surface area contributed by atoms with Gasteiger partial charge in [0.15, 0.2) is 5.52 Å². The molecule has 0 spiro atoms. The van der Waals surface area contributed by atoms with Crippen molar-refractivity contribution in [1.82, 2.24) is 19.1 Å². The number of aryl methyl sites for hydroxylation is 1. The highest BCUT2D eigenvalue weighted by molar-refractivity contribution is 5.93. The number of imidazole rings is 1. The standard InChI is InChI=1S/C24H23N5O5/c1-2-34-23(32)17-8-10-18(11-9-17)26-19(30)12-13-28-15-25-20-21(28)27-24(33)29(22(20)31)14-16-6-4-3-5-7-16/h3-11,15H,2,12-14H2,1H3,(H,26,30)(H,27,33). The third kappa shape index (κ3) is 4.96. The normalized spacial score (nSPS) is 10.9. The van der Waals surface area contributed by atoms with Gasteiger partial charge in [0.05, 0.1) is 25.0 Å². The zero-order valence-electron chi connectivity index (χ0n) is 18.5. The van der Waals surface area contributed by atoms with Gasteiger partial charge in [-0.1, -0.05) is 30.3 Å². The zero-order valence-corrected chi connectivity index (χ0v) is 18.5. The molecule has 2 N–H and O–H groups in total. The smallest absolute Gasteiger partial charge is 0.338 e. The topological polar surface area (TPSA) is 128 Å². The first kappa shape index (κ1) is 22.7. The molecule has 174 valence electrons. The summed E-state index contributed by atoms with van der Waals surface area (Å²) in [4.78, 5) is 56.3. The van der Waals surface area contributed by atoms with Gasteiger partial charge in [0.25, 0.3) is 5.56 Å². The van der Waals surface area contributed by atoms with E-state index in [1.54, 1.807) is 35.8 Å². The Hall–Kier alpha value is -4.47. The number of nitrogens with zero attached hydrogens (tertiary/aromatic N) is 3. The number of H-pyrrole nitrogens is 1. The molecule has 10 nitrogen and oxygen atoms in total. The fourth-order valence-corrected chi connectivity index (χ4v) is 3.49. The molecule has 10 heteroatoms. The number of carbonyl (C=O) groups excluding carboxylic acids is 2. The lowest BCUT2D eigenvalue weighted by molar-refractivity contribution is -0.116. The van der Waals surface area contributed by atoms with E-state index < -0.39 is 17.2 Å². The molecule has 0 saturated heterocycles. The maximum absolute atomic E-state index is 12.8. The van der Waals surface area contributed by atoms with Gasteiger partial charge < -0.3 is 14.6 Å². The van der Waals surface area contributed by atoms with Crippen LogP contribution in [0.3, 0.4) is 0 Å². The first-order chi connectivity index (χ1) is 16.5. The van der Waals surface area contributed by atoms with Gasteiger partial charge in [0.2, 0.25) is 5.91 Å². The lowest BCUT2D eigenvalue weighted by Gasteiger charge is -2.08. The van der Waals surface area contributed by atoms with Crippen molar-refractivity contribution in [3.05, 3.63) is 92.9 Å². The molecule has 4 aromatic rings. The van der Waals surface area contributed by atoms with Gasteiger partial charge in [-0.2, -0.15) is 0 Å². The van der Waals surface area contributed by atoms with Crippen molar-refractivity contribution >= 4 is 28.7 Å². The van der Waals surface area contributed by atoms with E-state index >= 15 is 0 Å². The van der Waals surface area contributed by atoms with Gasteiger partial charge in [0, 0.05) is 18.7 Å². The average molecular weight is 461 g/mol. The van der Waals surface area contributed by atoms with E-state index in [-0.39, 0.29) is 43.2 Å². The van der Waals surface area contributed by atoms with E-state index in [0.29, 0.717) is 11.3 Å². The van der Waals surface area contributed by atoms with Crippen LogP contribution in [0.1, 0.15) is 29.3 Å². The van der Waals surface area contributed by atoms with E-state index in [1.165, 1.54) is 6.33 Å². The van der Waals surface area contributed by atoms with Gasteiger partial charge in [-0.3, -0.25) is 19.1 Å². The van der Waals surface area contributed by atoms with E-state index in [4.69, 9.17) is 4.74 Å². The molecule has 0 saturated carbocycles. The highest BCUT2D eigenvalue weighted by Crippen LogP contribution is 2.12. The van der Waals surface area contributed by atoms with Crippen LogP contribution < -0.4 is 16.6 Å². The van der Waals surface area contributed by atoms with E-state index in [9.17, 15) is 19.2 Å². The second-order valence-electron chi connectivity index (χ2n) is 7.54. The molecule has 4 rings (SSSR count). The fourth-order valence-electron chi connectivity index (χ4n) is 3.49. The van der Waals surface area contributed by atoms with Crippen LogP contribution in [0.2, 0.25) is 0 Å². The molecule has 0 radical (unpaired) electrons. The Labute approximate surface area is 193 Å². The number of anilines is 1. The van der Waals surface area contributed by atoms with Gasteiger partial charge in [-0.05, 0) is 36.8 Å². The average Bonchev–Trinajstić information content (AvgIpc) is 3.24. The van der Waals surface area contributed by atoms with Gasteiger partial charge in [-0.15, -0.1) is 0 Å². The van der Waals surface area contributed by atoms with Crippen molar-refractivity contribution in [2.45, 2.75) is 26.4 Å². The molecule has 34 heavy (non-hydrogen) atoms. The molecule has 0 aliphatic carbocycles. The third-order valence-electron chi connectivity index (χ3n) is 5.20. The lowest BCUT2D eigenvalue weighted by Crippen LogP contribution is -2.35. The number of hydrogen-bond donors (Lipinski definition) is 2. The lowest BCUT2D eigenvalue weighted by atomic mass is 10.2. The Kier molecular flexibility index (Phi) is 6.67. The molecule has 0 atom stereocenters. The number of aromatic amines is 1. The maximum atomic E-state index is 12.8. The first-order valence-corrected chi connectivity index (χ1v) is 10.7. The molecule has 2 aromatic heterocycles. The van der Waals surface area contributed by atoms with Crippen molar-refractivity contribution in [2.75, 3.05) is 11.9 Å². The van der Waals surface area contributed by atoms with E-state index in [2.05, 4.69) is 15.3 Å². The summed E-state index contributed by atoms with van der Waals surface area (Å²) in [6.07, 6.45) is 1.51. The summed E-state index contributed by atoms with van der Waals surface area (Å²) < 4.78 is 7.60. The number of aromatic nitrogens is 4. The molecule has 2 heterocycles. The summed E-state index contributed by atoms with van der Waals surface area (Å²) in [5, 5.41) is 2.75. The summed E-state index contributed by atoms with van der Waals surface area (Å²) in [7, 11) is 0. The predicted octanol–water partition coefficient (Wildman–Crippen LogP) is 2.14. The van der Waals surface area contributed by atoms with Crippen LogP contribution in [0, 0.1) is 0 Å². The Balaban J connectivity index is 1.43. The van der Waals surface area contributed by atoms with Gasteiger partial charge in [-0.25, -0.2) is 14.6 Å². The van der Waals surface area contributed by atoms with Crippen LogP contribution >= 0.6 is 0 Å². The molecule has 2 aromatic carbocycles. The summed E-state index contributed by atoms with van der Waals surface area (Å²) in [5.41, 5.74) is 1.11. The maximum Gasteiger partial charge on any atom is 0.338 e.